The van der Waals surface area contributed by atoms with Crippen molar-refractivity contribution < 1.29 is 28.7 Å². The number of benzene rings is 2. The van der Waals surface area contributed by atoms with Gasteiger partial charge in [-0.2, -0.15) is 0 Å². The average molecular weight is 712 g/mol. The lowest BCUT2D eigenvalue weighted by atomic mass is 9.93. The van der Waals surface area contributed by atoms with Crippen molar-refractivity contribution in [1.29, 1.82) is 0 Å². The van der Waals surface area contributed by atoms with Crippen LogP contribution >= 0.6 is 0 Å². The molecule has 3 aromatic rings. The molecule has 0 bridgehead atoms. The highest BCUT2D eigenvalue weighted by Gasteiger charge is 2.44. The van der Waals surface area contributed by atoms with Gasteiger partial charge in [0.25, 0.3) is 0 Å². The van der Waals surface area contributed by atoms with Crippen LogP contribution < -0.4 is 20.5 Å². The highest BCUT2D eigenvalue weighted by atomic mass is 16.5. The summed E-state index contributed by atoms with van der Waals surface area (Å²) in [6.07, 6.45) is 8.85. The van der Waals surface area contributed by atoms with Gasteiger partial charge in [0.1, 0.15) is 29.7 Å². The highest BCUT2D eigenvalue weighted by Crippen LogP contribution is 2.35. The van der Waals surface area contributed by atoms with Crippen LogP contribution in [0.15, 0.2) is 54.6 Å². The zero-order valence-corrected chi connectivity index (χ0v) is 30.6. The fourth-order valence-electron chi connectivity index (χ4n) is 8.04. The fraction of sp³-hybridized carbons (Fsp3) is 0.537. The van der Waals surface area contributed by atoms with Crippen molar-refractivity contribution in [2.24, 2.45) is 17.6 Å². The Morgan fingerprint density at radius 3 is 2.37 bits per heavy atom. The quantitative estimate of drug-likeness (QED) is 0.324. The number of primary amides is 1. The van der Waals surface area contributed by atoms with Gasteiger partial charge in [-0.3, -0.25) is 19.2 Å². The summed E-state index contributed by atoms with van der Waals surface area (Å²) >= 11 is 0. The summed E-state index contributed by atoms with van der Waals surface area (Å²) in [6, 6.07) is 15.6. The molecule has 11 heteroatoms. The Kier molecular flexibility index (Phi) is 12.3. The third-order valence-corrected chi connectivity index (χ3v) is 11.1. The van der Waals surface area contributed by atoms with Crippen LogP contribution in [-0.4, -0.2) is 83.3 Å². The Labute approximate surface area is 306 Å². The first-order chi connectivity index (χ1) is 25.2. The predicted octanol–water partition coefficient (Wildman–Crippen LogP) is 5.63. The van der Waals surface area contributed by atoms with Crippen LogP contribution in [0.3, 0.4) is 0 Å². The number of rotatable bonds is 7. The van der Waals surface area contributed by atoms with Crippen LogP contribution in [0.1, 0.15) is 84.0 Å². The summed E-state index contributed by atoms with van der Waals surface area (Å²) in [5, 5.41) is 3.70. The molecule has 278 valence electrons. The Morgan fingerprint density at radius 2 is 1.63 bits per heavy atom. The molecule has 0 aliphatic carbocycles. The predicted molar refractivity (Wildman–Crippen MR) is 199 cm³/mol. The zero-order valence-electron chi connectivity index (χ0n) is 30.6. The first-order valence-electron chi connectivity index (χ1n) is 19.1. The maximum Gasteiger partial charge on any atom is 0.243 e. The van der Waals surface area contributed by atoms with Gasteiger partial charge in [0.2, 0.25) is 23.6 Å². The Hall–Kier alpha value is -4.67. The third kappa shape index (κ3) is 8.85. The minimum absolute atomic E-state index is 0.00120. The van der Waals surface area contributed by atoms with Crippen molar-refractivity contribution >= 4 is 34.5 Å². The number of fused-ring (bicyclic) bond motifs is 2. The monoisotopic (exact) mass is 711 g/mol. The minimum atomic E-state index is -0.897. The van der Waals surface area contributed by atoms with Gasteiger partial charge in [-0.25, -0.2) is 4.98 Å². The number of likely N-dealkylation sites (tertiary alicyclic amines) is 1. The second-order valence-electron chi connectivity index (χ2n) is 14.8. The number of ether oxygens (including phenoxy) is 2. The van der Waals surface area contributed by atoms with Crippen molar-refractivity contribution in [3.63, 3.8) is 0 Å². The third-order valence-electron chi connectivity index (χ3n) is 11.1. The number of piperidine rings is 1. The van der Waals surface area contributed by atoms with Gasteiger partial charge in [-0.15, -0.1) is 0 Å². The highest BCUT2D eigenvalue weighted by molar-refractivity contribution is 5.94. The number of amides is 4. The summed E-state index contributed by atoms with van der Waals surface area (Å²) in [6.45, 7) is 3.53. The normalized spacial score (nSPS) is 25.1. The molecule has 1 unspecified atom stereocenters. The molecular weight excluding hydrogens is 658 g/mol. The van der Waals surface area contributed by atoms with Crippen molar-refractivity contribution in [2.75, 3.05) is 26.7 Å². The number of nitrogens with zero attached hydrogens (tertiary/aromatic N) is 3. The van der Waals surface area contributed by atoms with Gasteiger partial charge in [0, 0.05) is 54.9 Å². The fourth-order valence-corrected chi connectivity index (χ4v) is 8.04. The number of carbonyl (C=O) groups is 4. The summed E-state index contributed by atoms with van der Waals surface area (Å²) in [7, 11) is 1.61. The molecule has 3 fully saturated rings. The molecule has 0 saturated carbocycles. The largest absolute Gasteiger partial charge is 0.497 e. The number of hydrogen-bond acceptors (Lipinski definition) is 7. The van der Waals surface area contributed by atoms with E-state index in [1.54, 1.807) is 12.0 Å². The first kappa shape index (κ1) is 37.1. The summed E-state index contributed by atoms with van der Waals surface area (Å²) in [5.41, 5.74) is 8.16. The van der Waals surface area contributed by atoms with Gasteiger partial charge < -0.3 is 30.3 Å². The number of pyridine rings is 1. The molecule has 4 heterocycles. The van der Waals surface area contributed by atoms with E-state index in [1.165, 1.54) is 0 Å². The van der Waals surface area contributed by atoms with Crippen LogP contribution in [0.25, 0.3) is 22.2 Å². The average Bonchev–Trinajstić information content (AvgIpc) is 3.59. The lowest BCUT2D eigenvalue weighted by Gasteiger charge is -2.31. The number of carbonyl (C=O) groups excluding carboxylic acids is 4. The molecule has 0 spiro atoms. The van der Waals surface area contributed by atoms with Crippen LogP contribution in [0.4, 0.5) is 0 Å². The van der Waals surface area contributed by atoms with E-state index in [1.807, 2.05) is 66.4 Å². The van der Waals surface area contributed by atoms with E-state index in [0.717, 1.165) is 68.7 Å². The van der Waals surface area contributed by atoms with E-state index in [2.05, 4.69) is 5.32 Å². The van der Waals surface area contributed by atoms with Crippen molar-refractivity contribution in [1.82, 2.24) is 20.1 Å². The van der Waals surface area contributed by atoms with Gasteiger partial charge in [-0.05, 0) is 50.2 Å². The molecule has 2 aromatic carbocycles. The maximum atomic E-state index is 14.6. The molecule has 3 aliphatic rings. The maximum absolute atomic E-state index is 14.6. The molecule has 3 aliphatic heterocycles. The molecule has 0 radical (unpaired) electrons. The van der Waals surface area contributed by atoms with Crippen LogP contribution in [0.2, 0.25) is 0 Å². The second kappa shape index (κ2) is 17.2. The van der Waals surface area contributed by atoms with Crippen molar-refractivity contribution in [2.45, 2.75) is 102 Å². The zero-order chi connectivity index (χ0) is 36.6. The van der Waals surface area contributed by atoms with Gasteiger partial charge in [-0.1, -0.05) is 69.4 Å². The van der Waals surface area contributed by atoms with Gasteiger partial charge in [0.15, 0.2) is 0 Å². The van der Waals surface area contributed by atoms with Crippen molar-refractivity contribution in [3.8, 4) is 22.8 Å². The van der Waals surface area contributed by atoms with Gasteiger partial charge in [0.05, 0.1) is 24.9 Å². The standard InChI is InChI=1S/C41H53N5O6/c1-27-14-8-4-3-5-9-17-29(22-37(47)45-20-12-7-13-21-45)41(50)46-26-31(24-35(46)40(49)44-38(27)39(42)48)52-36-25-33(28-15-10-6-11-16-28)43-34-23-30(51-2)18-19-32(34)36/h6,10-11,15-16,18-19,23,25,27,29,31,35,38H,3-5,7-9,12-14,17,20-22,24,26H2,1-2H3,(H2,42,48)(H,44,49)/t27-,29+,31+,35-,38?/m0/s1. The molecule has 3 saturated heterocycles. The van der Waals surface area contributed by atoms with E-state index < -0.39 is 35.9 Å². The van der Waals surface area contributed by atoms with E-state index in [-0.39, 0.29) is 37.1 Å². The SMILES string of the molecule is COc1ccc2c(O[C@@H]3C[C@H]4C(=O)NC(C(N)=O)[C@@H](C)CCCCCCC[C@H](CC(=O)N5CCCCC5)C(=O)N4C3)cc(-c3ccccc3)nc2c1. The second-order valence-corrected chi connectivity index (χ2v) is 14.8. The lowest BCUT2D eigenvalue weighted by molar-refractivity contribution is -0.145. The molecule has 52 heavy (non-hydrogen) atoms. The van der Waals surface area contributed by atoms with E-state index >= 15 is 0 Å². The van der Waals surface area contributed by atoms with Crippen molar-refractivity contribution in [3.05, 3.63) is 54.6 Å². The molecule has 5 atom stereocenters. The summed E-state index contributed by atoms with van der Waals surface area (Å²) in [5.74, 6) is -0.718. The number of methoxy groups -OCH3 is 1. The molecule has 11 nitrogen and oxygen atoms in total. The molecular formula is C41H53N5O6. The van der Waals surface area contributed by atoms with Crippen LogP contribution in [0, 0.1) is 11.8 Å². The van der Waals surface area contributed by atoms with E-state index in [9.17, 15) is 19.2 Å². The molecule has 6 rings (SSSR count). The van der Waals surface area contributed by atoms with E-state index in [0.29, 0.717) is 42.2 Å². The minimum Gasteiger partial charge on any atom is -0.497 e. The van der Waals surface area contributed by atoms with E-state index in [4.69, 9.17) is 20.2 Å². The summed E-state index contributed by atoms with van der Waals surface area (Å²) < 4.78 is 12.2. The summed E-state index contributed by atoms with van der Waals surface area (Å²) in [4.78, 5) is 63.4. The van der Waals surface area contributed by atoms with Crippen LogP contribution in [-0.2, 0) is 19.2 Å². The number of nitrogens with one attached hydrogen (secondary N) is 1. The molecule has 4 amide bonds. The first-order valence-corrected chi connectivity index (χ1v) is 19.1. The van der Waals surface area contributed by atoms with Crippen LogP contribution in [0.5, 0.6) is 11.5 Å². The Bertz CT molecular complexity index is 1730. The molecule has 3 N–H and O–H groups in total. The Balaban J connectivity index is 1.33. The number of nitrogens with two attached hydrogens (primary N) is 1. The number of aromatic nitrogens is 1. The number of hydrogen-bond donors (Lipinski definition) is 2. The smallest absolute Gasteiger partial charge is 0.243 e. The van der Waals surface area contributed by atoms with Gasteiger partial charge >= 0.3 is 0 Å². The lowest BCUT2D eigenvalue weighted by Crippen LogP contribution is -2.55. The topological polar surface area (TPSA) is 144 Å². The Morgan fingerprint density at radius 1 is 0.923 bits per heavy atom. The molecule has 1 aromatic heterocycles.